The van der Waals surface area contributed by atoms with Gasteiger partial charge in [0.1, 0.15) is 5.78 Å². The van der Waals surface area contributed by atoms with Crippen LogP contribution in [0.2, 0.25) is 0 Å². The number of hydrogen-bond acceptors (Lipinski definition) is 5. The zero-order valence-electron chi connectivity index (χ0n) is 9.58. The van der Waals surface area contributed by atoms with E-state index in [-0.39, 0.29) is 34.3 Å². The molecule has 102 valence electrons. The SMILES string of the molecule is O=C(CBr)Cc1c(C(O)C(=O)O)cccc1[N+](=O)[O-]. The second-order valence-corrected chi connectivity index (χ2v) is 4.25. The van der Waals surface area contributed by atoms with Crippen LogP contribution in [0, 0.1) is 10.1 Å². The Labute approximate surface area is 116 Å². The van der Waals surface area contributed by atoms with Crippen molar-refractivity contribution >= 4 is 33.4 Å². The van der Waals surface area contributed by atoms with Crippen molar-refractivity contribution in [1.82, 2.24) is 0 Å². The molecule has 1 rings (SSSR count). The lowest BCUT2D eigenvalue weighted by Gasteiger charge is -2.11. The lowest BCUT2D eigenvalue weighted by molar-refractivity contribution is -0.385. The molecule has 7 nitrogen and oxygen atoms in total. The Balaban J connectivity index is 3.37. The van der Waals surface area contributed by atoms with Crippen molar-refractivity contribution in [1.29, 1.82) is 0 Å². The molecular formula is C11H10BrNO6. The highest BCUT2D eigenvalue weighted by atomic mass is 79.9. The predicted octanol–water partition coefficient (Wildman–Crippen LogP) is 1.22. The van der Waals surface area contributed by atoms with E-state index in [2.05, 4.69) is 15.9 Å². The topological polar surface area (TPSA) is 118 Å². The zero-order valence-corrected chi connectivity index (χ0v) is 11.2. The first-order valence-corrected chi connectivity index (χ1v) is 6.25. The van der Waals surface area contributed by atoms with Crippen LogP contribution in [0.4, 0.5) is 5.69 Å². The van der Waals surface area contributed by atoms with E-state index in [1.807, 2.05) is 0 Å². The molecule has 1 unspecified atom stereocenters. The molecule has 0 aliphatic rings. The maximum Gasteiger partial charge on any atom is 0.337 e. The molecule has 2 N–H and O–H groups in total. The fourth-order valence-electron chi connectivity index (χ4n) is 1.59. The van der Waals surface area contributed by atoms with Gasteiger partial charge in [0.2, 0.25) is 0 Å². The lowest BCUT2D eigenvalue weighted by Crippen LogP contribution is -2.16. The van der Waals surface area contributed by atoms with Crippen LogP contribution in [0.25, 0.3) is 0 Å². The smallest absolute Gasteiger partial charge is 0.337 e. The van der Waals surface area contributed by atoms with E-state index in [4.69, 9.17) is 5.11 Å². The van der Waals surface area contributed by atoms with Crippen molar-refractivity contribution in [3.63, 3.8) is 0 Å². The molecule has 8 heteroatoms. The van der Waals surface area contributed by atoms with Gasteiger partial charge in [-0.15, -0.1) is 0 Å². The second kappa shape index (κ2) is 6.39. The van der Waals surface area contributed by atoms with E-state index in [1.54, 1.807) is 0 Å². The minimum atomic E-state index is -1.90. The number of aliphatic carboxylic acids is 1. The molecule has 1 aromatic carbocycles. The highest BCUT2D eigenvalue weighted by Gasteiger charge is 2.26. The summed E-state index contributed by atoms with van der Waals surface area (Å²) >= 11 is 2.93. The van der Waals surface area contributed by atoms with Gasteiger partial charge in [-0.25, -0.2) is 4.79 Å². The summed E-state index contributed by atoms with van der Waals surface area (Å²) in [5.41, 5.74) is -0.602. The zero-order chi connectivity index (χ0) is 14.6. The van der Waals surface area contributed by atoms with E-state index in [0.29, 0.717) is 0 Å². The van der Waals surface area contributed by atoms with Gasteiger partial charge in [0.25, 0.3) is 5.69 Å². The first kappa shape index (κ1) is 15.3. The van der Waals surface area contributed by atoms with Crippen molar-refractivity contribution in [3.05, 3.63) is 39.4 Å². The summed E-state index contributed by atoms with van der Waals surface area (Å²) in [6, 6.07) is 3.68. The number of aliphatic hydroxyl groups excluding tert-OH is 1. The highest BCUT2D eigenvalue weighted by Crippen LogP contribution is 2.28. The van der Waals surface area contributed by atoms with Gasteiger partial charge in [-0.05, 0) is 0 Å². The minimum absolute atomic E-state index is 0.0122. The number of aliphatic hydroxyl groups is 1. The Morgan fingerprint density at radius 2 is 2.05 bits per heavy atom. The van der Waals surface area contributed by atoms with Gasteiger partial charge in [-0.3, -0.25) is 14.9 Å². The third-order valence-corrected chi connectivity index (χ3v) is 3.06. The van der Waals surface area contributed by atoms with Crippen LogP contribution < -0.4 is 0 Å². The number of hydrogen-bond donors (Lipinski definition) is 2. The second-order valence-electron chi connectivity index (χ2n) is 3.69. The molecular weight excluding hydrogens is 322 g/mol. The van der Waals surface area contributed by atoms with Gasteiger partial charge in [0, 0.05) is 23.6 Å². The molecule has 19 heavy (non-hydrogen) atoms. The predicted molar refractivity (Wildman–Crippen MR) is 68.2 cm³/mol. The van der Waals surface area contributed by atoms with Crippen LogP contribution in [0.3, 0.4) is 0 Å². The number of nitrogens with zero attached hydrogens (tertiary/aromatic N) is 1. The van der Waals surface area contributed by atoms with E-state index in [0.717, 1.165) is 6.07 Å². The maximum absolute atomic E-state index is 11.4. The number of ketones is 1. The number of benzene rings is 1. The van der Waals surface area contributed by atoms with Gasteiger partial charge in [-0.1, -0.05) is 28.1 Å². The Hall–Kier alpha value is -1.80. The molecule has 0 aromatic heterocycles. The highest BCUT2D eigenvalue weighted by molar-refractivity contribution is 9.09. The number of nitro benzene ring substituents is 1. The summed E-state index contributed by atoms with van der Waals surface area (Å²) in [6.45, 7) is 0. The number of Topliss-reactive ketones (excluding diaryl/α,β-unsaturated/α-hetero) is 1. The molecule has 0 spiro atoms. The molecule has 0 heterocycles. The Kier molecular flexibility index (Phi) is 5.13. The van der Waals surface area contributed by atoms with E-state index in [1.165, 1.54) is 12.1 Å². The van der Waals surface area contributed by atoms with Crippen molar-refractivity contribution in [2.75, 3.05) is 5.33 Å². The van der Waals surface area contributed by atoms with Crippen molar-refractivity contribution in [3.8, 4) is 0 Å². The average Bonchev–Trinajstić information content (AvgIpc) is 2.37. The first-order chi connectivity index (χ1) is 8.88. The summed E-state index contributed by atoms with van der Waals surface area (Å²) in [4.78, 5) is 32.4. The number of alkyl halides is 1. The largest absolute Gasteiger partial charge is 0.479 e. The van der Waals surface area contributed by atoms with Crippen molar-refractivity contribution < 1.29 is 24.7 Å². The van der Waals surface area contributed by atoms with Crippen molar-refractivity contribution in [2.45, 2.75) is 12.5 Å². The summed E-state index contributed by atoms with van der Waals surface area (Å²) in [7, 11) is 0. The third kappa shape index (κ3) is 3.58. The van der Waals surface area contributed by atoms with E-state index < -0.39 is 17.0 Å². The van der Waals surface area contributed by atoms with Gasteiger partial charge < -0.3 is 10.2 Å². The minimum Gasteiger partial charge on any atom is -0.479 e. The molecule has 0 aliphatic heterocycles. The van der Waals surface area contributed by atoms with Crippen LogP contribution in [0.15, 0.2) is 18.2 Å². The number of carboxylic acid groups (broad SMARTS) is 1. The van der Waals surface area contributed by atoms with Crippen LogP contribution in [-0.4, -0.2) is 32.2 Å². The van der Waals surface area contributed by atoms with Gasteiger partial charge in [-0.2, -0.15) is 0 Å². The van der Waals surface area contributed by atoms with Gasteiger partial charge in [0.05, 0.1) is 10.3 Å². The fourth-order valence-corrected chi connectivity index (χ4v) is 1.79. The third-order valence-electron chi connectivity index (χ3n) is 2.44. The van der Waals surface area contributed by atoms with Crippen LogP contribution in [0.1, 0.15) is 17.2 Å². The van der Waals surface area contributed by atoms with Crippen LogP contribution in [-0.2, 0) is 16.0 Å². The van der Waals surface area contributed by atoms with Crippen LogP contribution in [0.5, 0.6) is 0 Å². The summed E-state index contributed by atoms with van der Waals surface area (Å²) < 4.78 is 0. The Morgan fingerprint density at radius 3 is 2.53 bits per heavy atom. The Bertz CT molecular complexity index is 530. The molecule has 1 atom stereocenters. The van der Waals surface area contributed by atoms with Crippen molar-refractivity contribution in [2.24, 2.45) is 0 Å². The Morgan fingerprint density at radius 1 is 1.42 bits per heavy atom. The first-order valence-electron chi connectivity index (χ1n) is 5.13. The number of halogens is 1. The summed E-state index contributed by atoms with van der Waals surface area (Å²) in [6.07, 6.45) is -2.22. The summed E-state index contributed by atoms with van der Waals surface area (Å²) in [5.74, 6) is -1.89. The van der Waals surface area contributed by atoms with Crippen LogP contribution >= 0.6 is 15.9 Å². The average molecular weight is 332 g/mol. The molecule has 0 bridgehead atoms. The standard InChI is InChI=1S/C11H10BrNO6/c12-5-6(14)4-8-7(10(15)11(16)17)2-1-3-9(8)13(18)19/h1-3,10,15H,4-5H2,(H,16,17). The normalized spacial score (nSPS) is 11.9. The van der Waals surface area contributed by atoms with E-state index >= 15 is 0 Å². The molecule has 0 radical (unpaired) electrons. The molecule has 0 amide bonds. The molecule has 0 saturated heterocycles. The maximum atomic E-state index is 11.4. The number of carboxylic acids is 1. The number of carbonyl (C=O) groups is 2. The number of nitro groups is 1. The van der Waals surface area contributed by atoms with Gasteiger partial charge in [0.15, 0.2) is 6.10 Å². The fraction of sp³-hybridized carbons (Fsp3) is 0.273. The molecule has 0 aliphatic carbocycles. The number of carbonyl (C=O) groups excluding carboxylic acids is 1. The molecule has 0 saturated carbocycles. The van der Waals surface area contributed by atoms with E-state index in [9.17, 15) is 24.8 Å². The molecule has 0 fully saturated rings. The molecule has 1 aromatic rings. The monoisotopic (exact) mass is 331 g/mol. The summed E-state index contributed by atoms with van der Waals surface area (Å²) in [5, 5.41) is 29.2. The van der Waals surface area contributed by atoms with Gasteiger partial charge >= 0.3 is 5.97 Å². The lowest BCUT2D eigenvalue weighted by atomic mass is 9.96. The quantitative estimate of drug-likeness (QED) is 0.459. The number of rotatable bonds is 6.